The third-order valence-electron chi connectivity index (χ3n) is 2.29. The van der Waals surface area contributed by atoms with Crippen molar-refractivity contribution in [2.75, 3.05) is 13.1 Å². The molecule has 0 fully saturated rings. The van der Waals surface area contributed by atoms with E-state index in [1.54, 1.807) is 13.8 Å². The Bertz CT molecular complexity index is 563. The number of nitriles is 1. The van der Waals surface area contributed by atoms with Gasteiger partial charge in [-0.2, -0.15) is 9.57 Å². The van der Waals surface area contributed by atoms with Crippen molar-refractivity contribution in [1.82, 2.24) is 4.31 Å². The fourth-order valence-electron chi connectivity index (χ4n) is 1.38. The van der Waals surface area contributed by atoms with E-state index < -0.39 is 10.0 Å². The highest BCUT2D eigenvalue weighted by Crippen LogP contribution is 2.35. The molecule has 0 aliphatic heterocycles. The highest BCUT2D eigenvalue weighted by atomic mass is 35.5. The quantitative estimate of drug-likeness (QED) is 0.834. The molecule has 0 saturated heterocycles. The average Bonchev–Trinajstić information content (AvgIpc) is 2.65. The molecule has 1 heterocycles. The molecule has 0 bridgehead atoms. The first-order chi connectivity index (χ1) is 8.32. The Hall–Kier alpha value is -0.320. The molecule has 0 amide bonds. The Labute approximate surface area is 121 Å². The van der Waals surface area contributed by atoms with Crippen molar-refractivity contribution in [2.24, 2.45) is 5.92 Å². The Morgan fingerprint density at radius 1 is 1.56 bits per heavy atom. The fourth-order valence-corrected chi connectivity index (χ4v) is 5.03. The van der Waals surface area contributed by atoms with E-state index in [1.807, 2.05) is 6.07 Å². The van der Waals surface area contributed by atoms with Crippen LogP contribution in [0.5, 0.6) is 0 Å². The summed E-state index contributed by atoms with van der Waals surface area (Å²) in [7, 11) is -3.69. The number of thiophene rings is 1. The van der Waals surface area contributed by atoms with Crippen LogP contribution in [0.2, 0.25) is 8.67 Å². The lowest BCUT2D eigenvalue weighted by Crippen LogP contribution is -2.34. The Balaban J connectivity index is 3.12. The lowest BCUT2D eigenvalue weighted by molar-refractivity contribution is 0.400. The summed E-state index contributed by atoms with van der Waals surface area (Å²) in [6.07, 6.45) is 0. The summed E-state index contributed by atoms with van der Waals surface area (Å²) in [5.41, 5.74) is 0. The van der Waals surface area contributed by atoms with Gasteiger partial charge in [0.05, 0.1) is 16.3 Å². The maximum absolute atomic E-state index is 12.3. The van der Waals surface area contributed by atoms with E-state index in [9.17, 15) is 8.42 Å². The maximum atomic E-state index is 12.3. The van der Waals surface area contributed by atoms with Gasteiger partial charge < -0.3 is 0 Å². The van der Waals surface area contributed by atoms with Gasteiger partial charge in [0, 0.05) is 13.1 Å². The molecule has 100 valence electrons. The molecule has 0 aromatic carbocycles. The molecule has 0 N–H and O–H groups in total. The van der Waals surface area contributed by atoms with Crippen molar-refractivity contribution >= 4 is 44.6 Å². The van der Waals surface area contributed by atoms with Crippen LogP contribution >= 0.6 is 34.5 Å². The van der Waals surface area contributed by atoms with E-state index in [2.05, 4.69) is 0 Å². The Kier molecular flexibility index (Phi) is 5.44. The second-order valence-electron chi connectivity index (χ2n) is 3.67. The molecule has 18 heavy (non-hydrogen) atoms. The monoisotopic (exact) mass is 326 g/mol. The van der Waals surface area contributed by atoms with E-state index in [4.69, 9.17) is 28.5 Å². The molecule has 0 radical (unpaired) electrons. The number of hydrogen-bond donors (Lipinski definition) is 0. The fraction of sp³-hybridized carbons (Fsp3) is 0.500. The summed E-state index contributed by atoms with van der Waals surface area (Å²) in [6.45, 7) is 3.79. The van der Waals surface area contributed by atoms with E-state index in [1.165, 1.54) is 10.4 Å². The first-order valence-electron chi connectivity index (χ1n) is 5.17. The van der Waals surface area contributed by atoms with Crippen LogP contribution in [0.1, 0.15) is 13.8 Å². The minimum absolute atomic E-state index is 0.00570. The number of halogens is 2. The van der Waals surface area contributed by atoms with Crippen molar-refractivity contribution < 1.29 is 8.42 Å². The molecule has 0 saturated carbocycles. The summed E-state index contributed by atoms with van der Waals surface area (Å²) in [6, 6.07) is 3.35. The van der Waals surface area contributed by atoms with Crippen LogP contribution in [0.4, 0.5) is 0 Å². The number of nitrogens with zero attached hydrogens (tertiary/aromatic N) is 2. The van der Waals surface area contributed by atoms with Gasteiger partial charge >= 0.3 is 0 Å². The molecule has 1 unspecified atom stereocenters. The lowest BCUT2D eigenvalue weighted by atomic mass is 10.2. The van der Waals surface area contributed by atoms with Gasteiger partial charge in [-0.25, -0.2) is 8.42 Å². The van der Waals surface area contributed by atoms with E-state index >= 15 is 0 Å². The molecule has 0 aliphatic rings. The first-order valence-corrected chi connectivity index (χ1v) is 8.18. The van der Waals surface area contributed by atoms with Crippen molar-refractivity contribution in [3.63, 3.8) is 0 Å². The summed E-state index contributed by atoms with van der Waals surface area (Å²) in [5, 5.41) is 8.76. The largest absolute Gasteiger partial charge is 0.245 e. The predicted molar refractivity (Wildman–Crippen MR) is 73.5 cm³/mol. The average molecular weight is 327 g/mol. The van der Waals surface area contributed by atoms with Crippen LogP contribution in [0.3, 0.4) is 0 Å². The molecule has 1 aromatic rings. The van der Waals surface area contributed by atoms with Gasteiger partial charge in [-0.15, -0.1) is 11.3 Å². The highest BCUT2D eigenvalue weighted by Gasteiger charge is 2.28. The summed E-state index contributed by atoms with van der Waals surface area (Å²) in [5.74, 6) is -0.382. The van der Waals surface area contributed by atoms with Gasteiger partial charge in [-0.1, -0.05) is 30.1 Å². The minimum atomic E-state index is -3.69. The molecule has 8 heteroatoms. The zero-order valence-corrected chi connectivity index (χ0v) is 13.0. The van der Waals surface area contributed by atoms with Crippen molar-refractivity contribution in [3.8, 4) is 6.07 Å². The Morgan fingerprint density at radius 2 is 2.17 bits per heavy atom. The third kappa shape index (κ3) is 3.37. The van der Waals surface area contributed by atoms with E-state index in [0.29, 0.717) is 4.34 Å². The molecule has 0 spiro atoms. The van der Waals surface area contributed by atoms with Gasteiger partial charge in [0.1, 0.15) is 9.23 Å². The van der Waals surface area contributed by atoms with Crippen LogP contribution in [-0.2, 0) is 10.0 Å². The molecule has 1 aromatic heterocycles. The molecule has 0 aliphatic carbocycles. The van der Waals surface area contributed by atoms with Crippen LogP contribution in [0.15, 0.2) is 11.0 Å². The van der Waals surface area contributed by atoms with Crippen LogP contribution in [0.25, 0.3) is 0 Å². The smallest absolute Gasteiger partial charge is 0.207 e. The molecule has 1 atom stereocenters. The van der Waals surface area contributed by atoms with Crippen LogP contribution < -0.4 is 0 Å². The predicted octanol–water partition coefficient (Wildman–Crippen LogP) is 3.23. The Morgan fingerprint density at radius 3 is 2.56 bits per heavy atom. The topological polar surface area (TPSA) is 61.2 Å². The van der Waals surface area contributed by atoms with Gasteiger partial charge in [0.15, 0.2) is 0 Å². The van der Waals surface area contributed by atoms with Crippen molar-refractivity contribution in [3.05, 3.63) is 14.7 Å². The van der Waals surface area contributed by atoms with Crippen LogP contribution in [0, 0.1) is 17.2 Å². The second-order valence-corrected chi connectivity index (χ2v) is 7.87. The zero-order valence-electron chi connectivity index (χ0n) is 9.85. The molecule has 4 nitrogen and oxygen atoms in total. The van der Waals surface area contributed by atoms with E-state index in [-0.39, 0.29) is 28.2 Å². The second kappa shape index (κ2) is 6.22. The van der Waals surface area contributed by atoms with Gasteiger partial charge in [0.25, 0.3) is 0 Å². The normalized spacial score (nSPS) is 13.6. The van der Waals surface area contributed by atoms with Gasteiger partial charge in [0.2, 0.25) is 10.0 Å². The van der Waals surface area contributed by atoms with Gasteiger partial charge in [-0.3, -0.25) is 0 Å². The molecular weight excluding hydrogens is 315 g/mol. The lowest BCUT2D eigenvalue weighted by Gasteiger charge is -2.20. The van der Waals surface area contributed by atoms with E-state index in [0.717, 1.165) is 11.3 Å². The maximum Gasteiger partial charge on any atom is 0.245 e. The van der Waals surface area contributed by atoms with Crippen molar-refractivity contribution in [2.45, 2.75) is 18.7 Å². The standard InChI is InChI=1S/C10H12Cl2N2O2S2/c1-3-14(6-7(2)5-13)18(15,16)8-4-9(11)17-10(8)12/h4,7H,3,6H2,1-2H3. The third-order valence-corrected chi connectivity index (χ3v) is 5.99. The molecular formula is C10H12Cl2N2O2S2. The molecule has 1 rings (SSSR count). The summed E-state index contributed by atoms with van der Waals surface area (Å²) in [4.78, 5) is 0.00570. The van der Waals surface area contributed by atoms with Gasteiger partial charge in [-0.05, 0) is 13.0 Å². The minimum Gasteiger partial charge on any atom is -0.207 e. The SMILES string of the molecule is CCN(CC(C)C#N)S(=O)(=O)c1cc(Cl)sc1Cl. The number of rotatable bonds is 5. The van der Waals surface area contributed by atoms with Crippen LogP contribution in [-0.4, -0.2) is 25.8 Å². The number of hydrogen-bond acceptors (Lipinski definition) is 4. The zero-order chi connectivity index (χ0) is 13.9. The highest BCUT2D eigenvalue weighted by molar-refractivity contribution is 7.89. The summed E-state index contributed by atoms with van der Waals surface area (Å²) >= 11 is 12.6. The first kappa shape index (κ1) is 15.7. The summed E-state index contributed by atoms with van der Waals surface area (Å²) < 4.78 is 26.3. The number of sulfonamides is 1. The van der Waals surface area contributed by atoms with Crippen molar-refractivity contribution in [1.29, 1.82) is 5.26 Å².